The van der Waals surface area contributed by atoms with E-state index in [0.29, 0.717) is 0 Å². The van der Waals surface area contributed by atoms with Crippen molar-refractivity contribution in [3.8, 4) is 0 Å². The predicted octanol–water partition coefficient (Wildman–Crippen LogP) is -0.376. The minimum Gasteiger partial charge on any atom is -0.464 e. The van der Waals surface area contributed by atoms with Crippen LogP contribution in [0.4, 0.5) is 17.5 Å². The van der Waals surface area contributed by atoms with Crippen LogP contribution in [-0.4, -0.2) is 33.5 Å². The van der Waals surface area contributed by atoms with Crippen LogP contribution in [0.3, 0.4) is 0 Å². The first kappa shape index (κ1) is 14.4. The van der Waals surface area contributed by atoms with Crippen LogP contribution in [0.25, 0.3) is 0 Å². The van der Waals surface area contributed by atoms with Crippen molar-refractivity contribution < 1.29 is 14.5 Å². The van der Waals surface area contributed by atoms with Crippen LogP contribution in [0.1, 0.15) is 13.8 Å². The number of nitro groups is 1. The molecule has 0 aromatic carbocycles. The predicted molar refractivity (Wildman–Crippen MR) is 65.6 cm³/mol. The zero-order valence-electron chi connectivity index (χ0n) is 10.3. The van der Waals surface area contributed by atoms with E-state index in [9.17, 15) is 19.7 Å². The number of nitrogens with one attached hydrogen (secondary N) is 2. The molecule has 10 nitrogen and oxygen atoms in total. The fraction of sp³-hybridized carbons (Fsp3) is 0.444. The zero-order chi connectivity index (χ0) is 14.6. The second-order valence-electron chi connectivity index (χ2n) is 3.52. The van der Waals surface area contributed by atoms with Gasteiger partial charge in [-0.15, -0.1) is 0 Å². The largest absolute Gasteiger partial charge is 0.464 e. The summed E-state index contributed by atoms with van der Waals surface area (Å²) in [5.74, 6) is -1.31. The van der Waals surface area contributed by atoms with Crippen molar-refractivity contribution in [1.29, 1.82) is 0 Å². The monoisotopic (exact) mass is 271 g/mol. The number of hydrogen-bond donors (Lipinski definition) is 3. The van der Waals surface area contributed by atoms with Crippen LogP contribution < -0.4 is 16.6 Å². The number of rotatable bonds is 5. The van der Waals surface area contributed by atoms with Crippen molar-refractivity contribution in [2.24, 2.45) is 0 Å². The van der Waals surface area contributed by atoms with Gasteiger partial charge >= 0.3 is 17.2 Å². The summed E-state index contributed by atoms with van der Waals surface area (Å²) in [6.45, 7) is 3.20. The van der Waals surface area contributed by atoms with Crippen LogP contribution in [0.15, 0.2) is 4.79 Å². The lowest BCUT2D eigenvalue weighted by molar-refractivity contribution is -0.385. The number of nitrogens with two attached hydrogens (primary N) is 1. The number of esters is 1. The van der Waals surface area contributed by atoms with Crippen LogP contribution in [0.2, 0.25) is 0 Å². The molecule has 0 fully saturated rings. The molecule has 0 radical (unpaired) electrons. The molecule has 0 bridgehead atoms. The standard InChI is InChI=1S/C9H13N5O5/c1-3-19-8(16)4(2)11-6-5(14(17)18)7(15)13-9(10)12-6/h4H,3H2,1-2H3,(H4,10,11,12,13,15)/t4-/m0/s1. The Morgan fingerprint density at radius 3 is 2.84 bits per heavy atom. The molecule has 10 heteroatoms. The van der Waals surface area contributed by atoms with E-state index >= 15 is 0 Å². The van der Waals surface area contributed by atoms with Crippen molar-refractivity contribution in [2.45, 2.75) is 19.9 Å². The molecule has 0 amide bonds. The van der Waals surface area contributed by atoms with E-state index in [1.165, 1.54) is 6.92 Å². The molecular weight excluding hydrogens is 258 g/mol. The van der Waals surface area contributed by atoms with Gasteiger partial charge in [0.25, 0.3) is 0 Å². The third-order valence-electron chi connectivity index (χ3n) is 2.09. The molecule has 0 aliphatic heterocycles. The van der Waals surface area contributed by atoms with Crippen LogP contribution in [-0.2, 0) is 9.53 Å². The van der Waals surface area contributed by atoms with Gasteiger partial charge in [-0.2, -0.15) is 4.98 Å². The normalized spacial score (nSPS) is 11.7. The molecule has 1 heterocycles. The Labute approximate surface area is 107 Å². The number of carbonyl (C=O) groups is 1. The van der Waals surface area contributed by atoms with Crippen molar-refractivity contribution in [3.05, 3.63) is 20.5 Å². The highest BCUT2D eigenvalue weighted by atomic mass is 16.6. The van der Waals surface area contributed by atoms with Crippen molar-refractivity contribution in [2.75, 3.05) is 17.7 Å². The molecule has 0 saturated carbocycles. The molecule has 4 N–H and O–H groups in total. The second-order valence-corrected chi connectivity index (χ2v) is 3.52. The average molecular weight is 271 g/mol. The van der Waals surface area contributed by atoms with E-state index in [1.807, 2.05) is 4.98 Å². The Bertz CT molecular complexity index is 554. The van der Waals surface area contributed by atoms with Gasteiger partial charge in [0.05, 0.1) is 11.5 Å². The maximum atomic E-state index is 11.4. The minimum absolute atomic E-state index is 0.165. The van der Waals surface area contributed by atoms with E-state index in [4.69, 9.17) is 10.5 Å². The number of hydrogen-bond acceptors (Lipinski definition) is 8. The van der Waals surface area contributed by atoms with E-state index in [-0.39, 0.29) is 18.4 Å². The first-order chi connectivity index (χ1) is 8.86. The summed E-state index contributed by atoms with van der Waals surface area (Å²) in [5, 5.41) is 13.2. The lowest BCUT2D eigenvalue weighted by atomic mass is 10.3. The molecule has 1 rings (SSSR count). The SMILES string of the molecule is CCOC(=O)[C@H](C)Nc1nc(N)[nH]c(=O)c1[N+](=O)[O-]. The van der Waals surface area contributed by atoms with E-state index in [0.717, 1.165) is 0 Å². The van der Waals surface area contributed by atoms with E-state index in [2.05, 4.69) is 10.3 Å². The Balaban J connectivity index is 3.10. The van der Waals surface area contributed by atoms with E-state index in [1.54, 1.807) is 6.92 Å². The van der Waals surface area contributed by atoms with Gasteiger partial charge in [0.15, 0.2) is 0 Å². The molecule has 0 saturated heterocycles. The quantitative estimate of drug-likeness (QED) is 0.372. The zero-order valence-corrected chi connectivity index (χ0v) is 10.3. The molecule has 19 heavy (non-hydrogen) atoms. The lowest BCUT2D eigenvalue weighted by Crippen LogP contribution is -2.30. The summed E-state index contributed by atoms with van der Waals surface area (Å²) in [6, 6.07) is -0.910. The fourth-order valence-electron chi connectivity index (χ4n) is 1.29. The summed E-state index contributed by atoms with van der Waals surface area (Å²) in [7, 11) is 0. The Morgan fingerprint density at radius 1 is 1.68 bits per heavy atom. The van der Waals surface area contributed by atoms with Gasteiger partial charge < -0.3 is 15.8 Å². The van der Waals surface area contributed by atoms with Crippen LogP contribution in [0.5, 0.6) is 0 Å². The van der Waals surface area contributed by atoms with Gasteiger partial charge in [0, 0.05) is 0 Å². The highest BCUT2D eigenvalue weighted by Crippen LogP contribution is 2.17. The van der Waals surface area contributed by atoms with Gasteiger partial charge in [0.1, 0.15) is 6.04 Å². The average Bonchev–Trinajstić information content (AvgIpc) is 2.27. The molecule has 0 spiro atoms. The Morgan fingerprint density at radius 2 is 2.32 bits per heavy atom. The van der Waals surface area contributed by atoms with Crippen LogP contribution in [0, 0.1) is 10.1 Å². The summed E-state index contributed by atoms with van der Waals surface area (Å²) in [4.78, 5) is 38.3. The molecule has 0 aliphatic rings. The number of aromatic nitrogens is 2. The minimum atomic E-state index is -1.00. The lowest BCUT2D eigenvalue weighted by Gasteiger charge is -2.12. The number of nitrogens with zero attached hydrogens (tertiary/aromatic N) is 2. The topological polar surface area (TPSA) is 153 Å². The molecular formula is C9H13N5O5. The molecule has 0 aliphatic carbocycles. The van der Waals surface area contributed by atoms with Crippen molar-refractivity contribution in [3.63, 3.8) is 0 Å². The first-order valence-corrected chi connectivity index (χ1v) is 5.34. The van der Waals surface area contributed by atoms with Gasteiger partial charge in [-0.05, 0) is 13.8 Å². The van der Waals surface area contributed by atoms with Gasteiger partial charge in [-0.3, -0.25) is 19.9 Å². The second kappa shape index (κ2) is 5.80. The number of ether oxygens (including phenoxy) is 1. The Kier molecular flexibility index (Phi) is 4.40. The third kappa shape index (κ3) is 3.40. The first-order valence-electron chi connectivity index (χ1n) is 5.34. The fourth-order valence-corrected chi connectivity index (χ4v) is 1.29. The highest BCUT2D eigenvalue weighted by molar-refractivity contribution is 5.79. The molecule has 104 valence electrons. The van der Waals surface area contributed by atoms with Crippen molar-refractivity contribution >= 4 is 23.4 Å². The smallest absolute Gasteiger partial charge is 0.375 e. The summed E-state index contributed by atoms with van der Waals surface area (Å²) >= 11 is 0. The molecule has 1 aromatic rings. The molecule has 1 aromatic heterocycles. The summed E-state index contributed by atoms with van der Waals surface area (Å²) in [5.41, 5.74) is 3.48. The number of nitrogen functional groups attached to an aromatic ring is 1. The van der Waals surface area contributed by atoms with Crippen LogP contribution >= 0.6 is 0 Å². The number of carbonyl (C=O) groups excluding carboxylic acids is 1. The maximum absolute atomic E-state index is 11.4. The van der Waals surface area contributed by atoms with E-state index < -0.39 is 28.2 Å². The molecule has 0 unspecified atom stereocenters. The van der Waals surface area contributed by atoms with Gasteiger partial charge in [0.2, 0.25) is 11.8 Å². The number of anilines is 2. The number of aromatic amines is 1. The summed E-state index contributed by atoms with van der Waals surface area (Å²) in [6.07, 6.45) is 0. The number of H-pyrrole nitrogens is 1. The van der Waals surface area contributed by atoms with Gasteiger partial charge in [-0.25, -0.2) is 4.79 Å². The maximum Gasteiger partial charge on any atom is 0.375 e. The highest BCUT2D eigenvalue weighted by Gasteiger charge is 2.25. The third-order valence-corrected chi connectivity index (χ3v) is 2.09. The Hall–Kier alpha value is -2.65. The summed E-state index contributed by atoms with van der Waals surface area (Å²) < 4.78 is 4.72. The molecule has 1 atom stereocenters. The van der Waals surface area contributed by atoms with Gasteiger partial charge in [-0.1, -0.05) is 0 Å². The van der Waals surface area contributed by atoms with Crippen molar-refractivity contribution in [1.82, 2.24) is 9.97 Å².